The van der Waals surface area contributed by atoms with Crippen molar-refractivity contribution in [2.45, 2.75) is 53.2 Å². The number of hydrogen-bond acceptors (Lipinski definition) is 3. The van der Waals surface area contributed by atoms with Gasteiger partial charge in [-0.25, -0.2) is 0 Å². The van der Waals surface area contributed by atoms with Gasteiger partial charge in [-0.05, 0) is 35.8 Å². The van der Waals surface area contributed by atoms with Crippen molar-refractivity contribution in [3.8, 4) is 0 Å². The van der Waals surface area contributed by atoms with Gasteiger partial charge in [-0.1, -0.05) is 58.4 Å². The minimum absolute atomic E-state index is 0.00964. The molecule has 6 heteroatoms. The van der Waals surface area contributed by atoms with Gasteiger partial charge in [0.25, 0.3) is 5.91 Å². The maximum Gasteiger partial charge on any atom is 0.253 e. The number of rotatable bonds is 4. The molecular formula is C21H31ClN2O3. The summed E-state index contributed by atoms with van der Waals surface area (Å²) in [5.41, 5.74) is 0.341. The second-order valence-electron chi connectivity index (χ2n) is 8.79. The summed E-state index contributed by atoms with van der Waals surface area (Å²) < 4.78 is 0. The third-order valence-corrected chi connectivity index (χ3v) is 5.67. The Labute approximate surface area is 167 Å². The average Bonchev–Trinajstić information content (AvgIpc) is 2.57. The molecule has 2 N–H and O–H groups in total. The summed E-state index contributed by atoms with van der Waals surface area (Å²) in [6, 6.07) is 6.12. The number of likely N-dealkylation sites (tertiary alicyclic amines) is 1. The average molecular weight is 395 g/mol. The summed E-state index contributed by atoms with van der Waals surface area (Å²) in [7, 11) is 0. The van der Waals surface area contributed by atoms with Crippen LogP contribution in [0.15, 0.2) is 24.3 Å². The van der Waals surface area contributed by atoms with Crippen LogP contribution in [0.5, 0.6) is 0 Å². The molecule has 2 amide bonds. The molecule has 0 spiro atoms. The lowest BCUT2D eigenvalue weighted by molar-refractivity contribution is -0.140. The first kappa shape index (κ1) is 21.7. The molecule has 1 aliphatic heterocycles. The molecule has 1 saturated heterocycles. The summed E-state index contributed by atoms with van der Waals surface area (Å²) in [5.74, 6) is -0.451. The third kappa shape index (κ3) is 5.23. The van der Waals surface area contributed by atoms with Crippen LogP contribution in [-0.2, 0) is 4.79 Å². The van der Waals surface area contributed by atoms with Crippen LogP contribution in [0, 0.1) is 17.3 Å². The van der Waals surface area contributed by atoms with Crippen molar-refractivity contribution in [3.63, 3.8) is 0 Å². The Morgan fingerprint density at radius 1 is 1.26 bits per heavy atom. The van der Waals surface area contributed by atoms with Crippen LogP contribution in [0.4, 0.5) is 0 Å². The summed E-state index contributed by atoms with van der Waals surface area (Å²) in [4.78, 5) is 27.3. The van der Waals surface area contributed by atoms with Gasteiger partial charge in [0.15, 0.2) is 0 Å². The molecule has 0 unspecified atom stereocenters. The minimum Gasteiger partial charge on any atom is -0.391 e. The molecule has 0 aliphatic carbocycles. The highest BCUT2D eigenvalue weighted by Gasteiger charge is 2.39. The predicted octanol–water partition coefficient (Wildman–Crippen LogP) is 3.35. The van der Waals surface area contributed by atoms with E-state index in [9.17, 15) is 14.7 Å². The lowest BCUT2D eigenvalue weighted by Crippen LogP contribution is -2.56. The van der Waals surface area contributed by atoms with E-state index in [1.165, 1.54) is 0 Å². The molecule has 0 saturated carbocycles. The normalized spacial score (nSPS) is 21.9. The number of nitrogens with one attached hydrogen (secondary N) is 1. The van der Waals surface area contributed by atoms with E-state index >= 15 is 0 Å². The first-order chi connectivity index (χ1) is 12.5. The van der Waals surface area contributed by atoms with Crippen LogP contribution in [0.3, 0.4) is 0 Å². The van der Waals surface area contributed by atoms with E-state index in [2.05, 4.69) is 26.1 Å². The zero-order chi connectivity index (χ0) is 20.4. The molecule has 3 atom stereocenters. The second-order valence-corrected chi connectivity index (χ2v) is 9.19. The maximum atomic E-state index is 13.1. The van der Waals surface area contributed by atoms with Crippen molar-refractivity contribution >= 4 is 23.4 Å². The molecule has 1 aromatic carbocycles. The zero-order valence-corrected chi connectivity index (χ0v) is 17.6. The van der Waals surface area contributed by atoms with Crippen molar-refractivity contribution in [3.05, 3.63) is 34.9 Å². The van der Waals surface area contributed by atoms with E-state index in [4.69, 9.17) is 11.6 Å². The van der Waals surface area contributed by atoms with Crippen LogP contribution >= 0.6 is 11.6 Å². The molecule has 27 heavy (non-hydrogen) atoms. The Hall–Kier alpha value is -1.59. The van der Waals surface area contributed by atoms with Crippen LogP contribution in [0.2, 0.25) is 5.02 Å². The van der Waals surface area contributed by atoms with Crippen molar-refractivity contribution in [2.75, 3.05) is 13.1 Å². The Morgan fingerprint density at radius 2 is 1.89 bits per heavy atom. The Kier molecular flexibility index (Phi) is 6.92. The van der Waals surface area contributed by atoms with E-state index in [0.29, 0.717) is 23.7 Å². The Balaban J connectivity index is 2.10. The number of benzene rings is 1. The predicted molar refractivity (Wildman–Crippen MR) is 108 cm³/mol. The Morgan fingerprint density at radius 3 is 2.41 bits per heavy atom. The molecule has 1 aromatic rings. The van der Waals surface area contributed by atoms with Gasteiger partial charge >= 0.3 is 0 Å². The molecule has 1 aliphatic rings. The number of aliphatic hydroxyl groups excluding tert-OH is 1. The van der Waals surface area contributed by atoms with Crippen LogP contribution < -0.4 is 5.32 Å². The molecular weight excluding hydrogens is 364 g/mol. The fraction of sp³-hybridized carbons (Fsp3) is 0.619. The number of aliphatic hydroxyl groups is 1. The number of piperidine rings is 1. The Bertz CT molecular complexity index is 684. The molecule has 1 heterocycles. The summed E-state index contributed by atoms with van der Waals surface area (Å²) >= 11 is 6.10. The van der Waals surface area contributed by atoms with E-state index in [0.717, 1.165) is 6.42 Å². The monoisotopic (exact) mass is 394 g/mol. The number of nitrogens with zero attached hydrogens (tertiary/aromatic N) is 1. The highest BCUT2D eigenvalue weighted by Crippen LogP contribution is 2.34. The number of halogens is 1. The number of amides is 2. The number of carbonyl (C=O) groups is 2. The van der Waals surface area contributed by atoms with Gasteiger partial charge in [0.1, 0.15) is 6.04 Å². The molecule has 2 rings (SSSR count). The highest BCUT2D eigenvalue weighted by molar-refractivity contribution is 6.33. The fourth-order valence-electron chi connectivity index (χ4n) is 3.72. The smallest absolute Gasteiger partial charge is 0.253 e. The van der Waals surface area contributed by atoms with Gasteiger partial charge in [0, 0.05) is 13.1 Å². The summed E-state index contributed by atoms with van der Waals surface area (Å²) in [6.45, 7) is 11.0. The molecule has 5 nitrogen and oxygen atoms in total. The zero-order valence-electron chi connectivity index (χ0n) is 16.8. The first-order valence-corrected chi connectivity index (χ1v) is 9.92. The van der Waals surface area contributed by atoms with E-state index in [1.807, 2.05) is 13.8 Å². The molecule has 0 bridgehead atoms. The fourth-order valence-corrected chi connectivity index (χ4v) is 3.94. The van der Waals surface area contributed by atoms with Gasteiger partial charge in [-0.15, -0.1) is 0 Å². The van der Waals surface area contributed by atoms with Gasteiger partial charge in [-0.2, -0.15) is 0 Å². The lowest BCUT2D eigenvalue weighted by Gasteiger charge is -2.43. The van der Waals surface area contributed by atoms with E-state index in [1.54, 1.807) is 29.2 Å². The minimum atomic E-state index is -0.660. The molecule has 1 fully saturated rings. The SMILES string of the molecule is CC(C)[C@H](NC(=O)c1ccccc1Cl)C(=O)N1CC[C@H](C(C)(C)C)[C@@H](O)C1. The van der Waals surface area contributed by atoms with Gasteiger partial charge in [0.05, 0.1) is 16.7 Å². The van der Waals surface area contributed by atoms with Gasteiger partial charge in [-0.3, -0.25) is 9.59 Å². The topological polar surface area (TPSA) is 69.6 Å². The van der Waals surface area contributed by atoms with E-state index in [-0.39, 0.29) is 29.1 Å². The van der Waals surface area contributed by atoms with Crippen LogP contribution in [0.1, 0.15) is 51.4 Å². The van der Waals surface area contributed by atoms with Crippen molar-refractivity contribution in [1.29, 1.82) is 0 Å². The number of β-amino-alcohol motifs (C(OH)–C–C–N with tert-alkyl or cyclic N) is 1. The summed E-state index contributed by atoms with van der Waals surface area (Å²) in [6.07, 6.45) is 0.189. The maximum absolute atomic E-state index is 13.1. The van der Waals surface area contributed by atoms with Crippen LogP contribution in [0.25, 0.3) is 0 Å². The van der Waals surface area contributed by atoms with Crippen LogP contribution in [-0.4, -0.2) is 47.1 Å². The first-order valence-electron chi connectivity index (χ1n) is 9.54. The molecule has 0 radical (unpaired) electrons. The third-order valence-electron chi connectivity index (χ3n) is 5.34. The number of hydrogen-bond donors (Lipinski definition) is 2. The quantitative estimate of drug-likeness (QED) is 0.822. The highest BCUT2D eigenvalue weighted by atomic mass is 35.5. The van der Waals surface area contributed by atoms with Crippen molar-refractivity contribution in [2.24, 2.45) is 17.3 Å². The van der Waals surface area contributed by atoms with Crippen molar-refractivity contribution < 1.29 is 14.7 Å². The second kappa shape index (κ2) is 8.61. The summed E-state index contributed by atoms with van der Waals surface area (Å²) in [5, 5.41) is 13.7. The van der Waals surface area contributed by atoms with Gasteiger partial charge < -0.3 is 15.3 Å². The van der Waals surface area contributed by atoms with Gasteiger partial charge in [0.2, 0.25) is 5.91 Å². The molecule has 0 aromatic heterocycles. The standard InChI is InChI=1S/C21H31ClN2O3/c1-13(2)18(23-19(26)14-8-6-7-9-16(14)22)20(27)24-11-10-15(17(25)12-24)21(3,4)5/h6-9,13,15,17-18,25H,10-12H2,1-5H3,(H,23,26)/t15-,17-,18-/m0/s1. The van der Waals surface area contributed by atoms with E-state index < -0.39 is 12.1 Å². The van der Waals surface area contributed by atoms with Crippen molar-refractivity contribution in [1.82, 2.24) is 10.2 Å². The lowest BCUT2D eigenvalue weighted by atomic mass is 9.73. The molecule has 150 valence electrons. The largest absolute Gasteiger partial charge is 0.391 e. The number of carbonyl (C=O) groups excluding carboxylic acids is 2.